The molecule has 1 saturated heterocycles. The van der Waals surface area contributed by atoms with Crippen LogP contribution in [0.25, 0.3) is 0 Å². The Morgan fingerprint density at radius 2 is 2.00 bits per heavy atom. The number of anilines is 1. The summed E-state index contributed by atoms with van der Waals surface area (Å²) in [6.45, 7) is 4.77. The van der Waals surface area contributed by atoms with E-state index in [4.69, 9.17) is 11.6 Å². The van der Waals surface area contributed by atoms with E-state index < -0.39 is 5.38 Å². The zero-order valence-corrected chi connectivity index (χ0v) is 11.8. The summed E-state index contributed by atoms with van der Waals surface area (Å²) in [7, 11) is 0. The van der Waals surface area contributed by atoms with Crippen LogP contribution in [0.2, 0.25) is 0 Å². The van der Waals surface area contributed by atoms with Gasteiger partial charge in [0.25, 0.3) is 0 Å². The molecule has 1 unspecified atom stereocenters. The van der Waals surface area contributed by atoms with Gasteiger partial charge in [-0.3, -0.25) is 4.79 Å². The minimum Gasteiger partial charge on any atom is -0.353 e. The van der Waals surface area contributed by atoms with Crippen LogP contribution in [0.1, 0.15) is 6.92 Å². The van der Waals surface area contributed by atoms with Crippen molar-refractivity contribution in [1.82, 2.24) is 9.88 Å². The van der Waals surface area contributed by atoms with Crippen molar-refractivity contribution >= 4 is 35.7 Å². The van der Waals surface area contributed by atoms with Crippen molar-refractivity contribution in [1.29, 1.82) is 0 Å². The smallest absolute Gasteiger partial charge is 0.240 e. The van der Waals surface area contributed by atoms with E-state index in [9.17, 15) is 4.79 Å². The molecule has 1 aliphatic rings. The van der Waals surface area contributed by atoms with Crippen LogP contribution in [0.4, 0.5) is 5.82 Å². The van der Waals surface area contributed by atoms with E-state index in [1.807, 2.05) is 23.1 Å². The zero-order valence-electron chi connectivity index (χ0n) is 10.3. The van der Waals surface area contributed by atoms with Crippen molar-refractivity contribution in [3.05, 3.63) is 24.4 Å². The van der Waals surface area contributed by atoms with E-state index in [0.717, 1.165) is 18.9 Å². The molecule has 1 fully saturated rings. The van der Waals surface area contributed by atoms with Crippen molar-refractivity contribution in [2.75, 3.05) is 31.1 Å². The van der Waals surface area contributed by atoms with Gasteiger partial charge in [-0.2, -0.15) is 0 Å². The second-order valence-corrected chi connectivity index (χ2v) is 4.77. The second-order valence-electron chi connectivity index (χ2n) is 4.12. The molecule has 6 heteroatoms. The Labute approximate surface area is 118 Å². The lowest BCUT2D eigenvalue weighted by atomic mass is 10.2. The number of halogens is 2. The molecule has 2 rings (SSSR count). The van der Waals surface area contributed by atoms with E-state index >= 15 is 0 Å². The average molecular weight is 290 g/mol. The number of piperazine rings is 1. The van der Waals surface area contributed by atoms with Gasteiger partial charge in [-0.25, -0.2) is 4.98 Å². The molecule has 0 radical (unpaired) electrons. The molecule has 0 aromatic carbocycles. The molecular formula is C12H17Cl2N3O. The van der Waals surface area contributed by atoms with Crippen molar-refractivity contribution in [2.45, 2.75) is 12.3 Å². The third-order valence-corrected chi connectivity index (χ3v) is 3.09. The first-order valence-electron chi connectivity index (χ1n) is 5.77. The van der Waals surface area contributed by atoms with Gasteiger partial charge in [0, 0.05) is 32.4 Å². The van der Waals surface area contributed by atoms with E-state index in [1.54, 1.807) is 13.1 Å². The highest BCUT2D eigenvalue weighted by Gasteiger charge is 2.23. The highest BCUT2D eigenvalue weighted by atomic mass is 35.5. The fourth-order valence-corrected chi connectivity index (χ4v) is 2.09. The number of hydrogen-bond donors (Lipinski definition) is 0. The van der Waals surface area contributed by atoms with Crippen LogP contribution in [0.5, 0.6) is 0 Å². The van der Waals surface area contributed by atoms with E-state index in [1.165, 1.54) is 0 Å². The number of hydrogen-bond acceptors (Lipinski definition) is 3. The molecule has 4 nitrogen and oxygen atoms in total. The van der Waals surface area contributed by atoms with Crippen LogP contribution >= 0.6 is 24.0 Å². The Bertz CT molecular complexity index is 378. The van der Waals surface area contributed by atoms with Gasteiger partial charge < -0.3 is 9.80 Å². The summed E-state index contributed by atoms with van der Waals surface area (Å²) in [6, 6.07) is 5.86. The predicted molar refractivity (Wildman–Crippen MR) is 75.6 cm³/mol. The number of aromatic nitrogens is 1. The molecule has 0 saturated carbocycles. The number of carbonyl (C=O) groups excluding carboxylic acids is 1. The number of carbonyl (C=O) groups is 1. The van der Waals surface area contributed by atoms with Gasteiger partial charge in [0.1, 0.15) is 11.2 Å². The lowest BCUT2D eigenvalue weighted by molar-refractivity contribution is -0.130. The summed E-state index contributed by atoms with van der Waals surface area (Å²) in [5.41, 5.74) is 0. The molecule has 100 valence electrons. The van der Waals surface area contributed by atoms with Gasteiger partial charge in [0.2, 0.25) is 5.91 Å². The maximum Gasteiger partial charge on any atom is 0.240 e. The highest BCUT2D eigenvalue weighted by Crippen LogP contribution is 2.13. The molecule has 2 heterocycles. The minimum absolute atomic E-state index is 0. The van der Waals surface area contributed by atoms with Gasteiger partial charge in [-0.15, -0.1) is 24.0 Å². The molecule has 0 aliphatic carbocycles. The molecule has 0 N–H and O–H groups in total. The second kappa shape index (κ2) is 6.81. The first-order chi connectivity index (χ1) is 8.18. The summed E-state index contributed by atoms with van der Waals surface area (Å²) >= 11 is 5.80. The summed E-state index contributed by atoms with van der Waals surface area (Å²) < 4.78 is 0. The summed E-state index contributed by atoms with van der Waals surface area (Å²) in [6.07, 6.45) is 1.79. The number of amides is 1. The molecule has 1 aromatic heterocycles. The fourth-order valence-electron chi connectivity index (χ4n) is 1.95. The maximum atomic E-state index is 11.7. The number of nitrogens with zero attached hydrogens (tertiary/aromatic N) is 3. The van der Waals surface area contributed by atoms with Crippen molar-refractivity contribution in [2.24, 2.45) is 0 Å². The predicted octanol–water partition coefficient (Wildman–Crippen LogP) is 1.78. The molecular weight excluding hydrogens is 273 g/mol. The normalized spacial score (nSPS) is 17.0. The third-order valence-electron chi connectivity index (χ3n) is 2.90. The van der Waals surface area contributed by atoms with Crippen LogP contribution in [0, 0.1) is 0 Å². The first kappa shape index (κ1) is 15.1. The Morgan fingerprint density at radius 1 is 1.33 bits per heavy atom. The fraction of sp³-hybridized carbons (Fsp3) is 0.500. The van der Waals surface area contributed by atoms with E-state index in [-0.39, 0.29) is 18.3 Å². The average Bonchev–Trinajstić information content (AvgIpc) is 2.39. The number of alkyl halides is 1. The Morgan fingerprint density at radius 3 is 2.50 bits per heavy atom. The van der Waals surface area contributed by atoms with Gasteiger partial charge in [-0.1, -0.05) is 6.07 Å². The van der Waals surface area contributed by atoms with Crippen molar-refractivity contribution < 1.29 is 4.79 Å². The van der Waals surface area contributed by atoms with Gasteiger partial charge in [-0.05, 0) is 19.1 Å². The monoisotopic (exact) mass is 289 g/mol. The molecule has 1 aliphatic heterocycles. The number of pyridine rings is 1. The van der Waals surface area contributed by atoms with Crippen LogP contribution in [0.3, 0.4) is 0 Å². The molecule has 1 atom stereocenters. The molecule has 1 aromatic rings. The van der Waals surface area contributed by atoms with E-state index in [0.29, 0.717) is 13.1 Å². The Hall–Kier alpha value is -1.00. The summed E-state index contributed by atoms with van der Waals surface area (Å²) in [5.74, 6) is 0.992. The van der Waals surface area contributed by atoms with Crippen molar-refractivity contribution in [3.63, 3.8) is 0 Å². The molecule has 1 amide bonds. The van der Waals surface area contributed by atoms with Gasteiger partial charge in [0.15, 0.2) is 0 Å². The highest BCUT2D eigenvalue weighted by molar-refractivity contribution is 6.30. The maximum absolute atomic E-state index is 11.7. The van der Waals surface area contributed by atoms with Crippen molar-refractivity contribution in [3.8, 4) is 0 Å². The molecule has 0 spiro atoms. The van der Waals surface area contributed by atoms with E-state index in [2.05, 4.69) is 9.88 Å². The molecule has 0 bridgehead atoms. The third kappa shape index (κ3) is 3.50. The quantitative estimate of drug-likeness (QED) is 0.779. The number of rotatable bonds is 2. The van der Waals surface area contributed by atoms with Crippen LogP contribution in [0.15, 0.2) is 24.4 Å². The molecule has 18 heavy (non-hydrogen) atoms. The standard InChI is InChI=1S/C12H16ClN3O.ClH/c1-10(13)12(17)16-8-6-15(7-9-16)11-4-2-3-5-14-11;/h2-5,10H,6-9H2,1H3;1H. The Balaban J connectivity index is 0.00000162. The SMILES string of the molecule is CC(Cl)C(=O)N1CCN(c2ccccn2)CC1.Cl. The van der Waals surface area contributed by atoms with Crippen LogP contribution in [-0.2, 0) is 4.79 Å². The van der Waals surface area contributed by atoms with Crippen LogP contribution in [-0.4, -0.2) is 47.3 Å². The largest absolute Gasteiger partial charge is 0.353 e. The lowest BCUT2D eigenvalue weighted by Gasteiger charge is -2.35. The van der Waals surface area contributed by atoms with Gasteiger partial charge in [0.05, 0.1) is 0 Å². The minimum atomic E-state index is -0.434. The lowest BCUT2D eigenvalue weighted by Crippen LogP contribution is -2.50. The summed E-state index contributed by atoms with van der Waals surface area (Å²) in [5, 5.41) is -0.434. The topological polar surface area (TPSA) is 36.4 Å². The van der Waals surface area contributed by atoms with Gasteiger partial charge >= 0.3 is 0 Å². The Kier molecular flexibility index (Phi) is 5.69. The first-order valence-corrected chi connectivity index (χ1v) is 6.21. The van der Waals surface area contributed by atoms with Crippen LogP contribution < -0.4 is 4.90 Å². The zero-order chi connectivity index (χ0) is 12.3. The summed E-state index contributed by atoms with van der Waals surface area (Å²) in [4.78, 5) is 20.0.